The molecule has 10 heteroatoms. The molecular formula is C12H7BrCl2F3N3O. The zero-order valence-corrected chi connectivity index (χ0v) is 13.9. The van der Waals surface area contributed by atoms with Crippen molar-refractivity contribution in [2.75, 3.05) is 5.32 Å². The van der Waals surface area contributed by atoms with Gasteiger partial charge in [-0.1, -0.05) is 23.2 Å². The van der Waals surface area contributed by atoms with E-state index >= 15 is 0 Å². The lowest BCUT2D eigenvalue weighted by molar-refractivity contribution is -0.144. The molecule has 22 heavy (non-hydrogen) atoms. The highest BCUT2D eigenvalue weighted by Gasteiger charge is 2.39. The van der Waals surface area contributed by atoms with E-state index in [9.17, 15) is 18.0 Å². The van der Waals surface area contributed by atoms with Crippen molar-refractivity contribution >= 4 is 50.7 Å². The first-order valence-corrected chi connectivity index (χ1v) is 7.22. The number of benzene rings is 1. The predicted molar refractivity (Wildman–Crippen MR) is 80.3 cm³/mol. The van der Waals surface area contributed by atoms with Crippen LogP contribution in [0.3, 0.4) is 0 Å². The predicted octanol–water partition coefficient (Wildman–Crippen LogP) is 4.76. The zero-order valence-electron chi connectivity index (χ0n) is 10.8. The van der Waals surface area contributed by atoms with E-state index in [-0.39, 0.29) is 21.4 Å². The van der Waals surface area contributed by atoms with E-state index in [1.54, 1.807) is 0 Å². The van der Waals surface area contributed by atoms with E-state index in [0.717, 1.165) is 7.05 Å². The average Bonchev–Trinajstić information content (AvgIpc) is 2.69. The lowest BCUT2D eigenvalue weighted by Gasteiger charge is -2.06. The number of nitrogens with zero attached hydrogens (tertiary/aromatic N) is 2. The molecule has 0 saturated heterocycles. The highest BCUT2D eigenvalue weighted by Crippen LogP contribution is 2.36. The van der Waals surface area contributed by atoms with Gasteiger partial charge in [0.25, 0.3) is 5.91 Å². The SMILES string of the molecule is Cn1nc(C(=O)Nc2ccc(Cl)c(Cl)c2)c(Br)c1C(F)(F)F. The van der Waals surface area contributed by atoms with Gasteiger partial charge in [-0.25, -0.2) is 0 Å². The molecule has 0 aliphatic carbocycles. The number of aryl methyl sites for hydroxylation is 1. The number of nitrogens with one attached hydrogen (secondary N) is 1. The fraction of sp³-hybridized carbons (Fsp3) is 0.167. The molecule has 0 spiro atoms. The minimum atomic E-state index is -4.64. The number of alkyl halides is 3. The summed E-state index contributed by atoms with van der Waals surface area (Å²) in [6.45, 7) is 0. The maximum atomic E-state index is 12.9. The number of rotatable bonds is 2. The van der Waals surface area contributed by atoms with Crippen LogP contribution in [0, 0.1) is 0 Å². The lowest BCUT2D eigenvalue weighted by atomic mass is 10.3. The normalized spacial score (nSPS) is 11.6. The maximum absolute atomic E-state index is 12.9. The van der Waals surface area contributed by atoms with E-state index in [0.29, 0.717) is 4.68 Å². The largest absolute Gasteiger partial charge is 0.434 e. The quantitative estimate of drug-likeness (QED) is 0.767. The highest BCUT2D eigenvalue weighted by atomic mass is 79.9. The summed E-state index contributed by atoms with van der Waals surface area (Å²) in [6, 6.07) is 4.30. The molecule has 2 aromatic rings. The topological polar surface area (TPSA) is 46.9 Å². The van der Waals surface area contributed by atoms with E-state index in [2.05, 4.69) is 26.3 Å². The Bertz CT molecular complexity index is 746. The number of carbonyl (C=O) groups excluding carboxylic acids is 1. The maximum Gasteiger partial charge on any atom is 0.434 e. The van der Waals surface area contributed by atoms with Gasteiger partial charge in [0.15, 0.2) is 11.4 Å². The van der Waals surface area contributed by atoms with Crippen molar-refractivity contribution in [2.45, 2.75) is 6.18 Å². The lowest BCUT2D eigenvalue weighted by Crippen LogP contribution is -2.13. The third kappa shape index (κ3) is 3.39. The Balaban J connectivity index is 2.32. The second-order valence-electron chi connectivity index (χ2n) is 4.22. The van der Waals surface area contributed by atoms with Gasteiger partial charge in [0, 0.05) is 12.7 Å². The van der Waals surface area contributed by atoms with Crippen molar-refractivity contribution in [3.05, 3.63) is 44.1 Å². The number of halogens is 6. The standard InChI is InChI=1S/C12H7BrCl2F3N3O/c1-21-10(12(16,17)18)8(13)9(20-21)11(22)19-5-2-3-6(14)7(15)4-5/h2-4H,1H3,(H,19,22). The van der Waals surface area contributed by atoms with E-state index in [4.69, 9.17) is 23.2 Å². The average molecular weight is 417 g/mol. The van der Waals surface area contributed by atoms with Crippen LogP contribution in [-0.4, -0.2) is 15.7 Å². The van der Waals surface area contributed by atoms with Crippen LogP contribution in [0.25, 0.3) is 0 Å². The number of amides is 1. The first-order valence-electron chi connectivity index (χ1n) is 5.67. The molecule has 0 fully saturated rings. The van der Waals surface area contributed by atoms with E-state index in [1.165, 1.54) is 18.2 Å². The number of anilines is 1. The summed E-state index contributed by atoms with van der Waals surface area (Å²) < 4.78 is 38.7. The molecule has 4 nitrogen and oxygen atoms in total. The molecule has 1 aromatic carbocycles. The fourth-order valence-corrected chi connectivity index (χ4v) is 2.75. The molecule has 1 aromatic heterocycles. The van der Waals surface area contributed by atoms with Gasteiger partial charge in [-0.05, 0) is 34.1 Å². The third-order valence-corrected chi connectivity index (χ3v) is 4.14. The molecule has 0 atom stereocenters. The molecule has 0 aliphatic rings. The molecule has 0 saturated carbocycles. The van der Waals surface area contributed by atoms with Crippen LogP contribution in [0.1, 0.15) is 16.2 Å². The first kappa shape index (κ1) is 17.1. The smallest absolute Gasteiger partial charge is 0.321 e. The summed E-state index contributed by atoms with van der Waals surface area (Å²) in [5, 5.41) is 6.49. The van der Waals surface area contributed by atoms with Crippen molar-refractivity contribution in [1.82, 2.24) is 9.78 Å². The number of carbonyl (C=O) groups is 1. The van der Waals surface area contributed by atoms with Crippen LogP contribution in [0.2, 0.25) is 10.0 Å². The van der Waals surface area contributed by atoms with Gasteiger partial charge >= 0.3 is 6.18 Å². The van der Waals surface area contributed by atoms with Gasteiger partial charge in [-0.2, -0.15) is 18.3 Å². The van der Waals surface area contributed by atoms with Crippen molar-refractivity contribution in [1.29, 1.82) is 0 Å². The summed E-state index contributed by atoms with van der Waals surface area (Å²) in [5.41, 5.74) is -1.15. The van der Waals surface area contributed by atoms with Gasteiger partial charge in [0.2, 0.25) is 0 Å². The molecular weight excluding hydrogens is 410 g/mol. The first-order chi connectivity index (χ1) is 10.1. The van der Waals surface area contributed by atoms with Crippen molar-refractivity contribution in [3.8, 4) is 0 Å². The monoisotopic (exact) mass is 415 g/mol. The Morgan fingerprint density at radius 2 is 1.95 bits per heavy atom. The van der Waals surface area contributed by atoms with E-state index in [1.807, 2.05) is 0 Å². The second-order valence-corrected chi connectivity index (χ2v) is 5.82. The molecule has 118 valence electrons. The molecule has 1 heterocycles. The molecule has 0 unspecified atom stereocenters. The van der Waals surface area contributed by atoms with Crippen molar-refractivity contribution < 1.29 is 18.0 Å². The Hall–Kier alpha value is -1.25. The van der Waals surface area contributed by atoms with Crippen LogP contribution in [0.4, 0.5) is 18.9 Å². The summed E-state index contributed by atoms with van der Waals surface area (Å²) >= 11 is 14.3. The molecule has 1 amide bonds. The van der Waals surface area contributed by atoms with Crippen LogP contribution in [0.5, 0.6) is 0 Å². The van der Waals surface area contributed by atoms with Gasteiger partial charge < -0.3 is 5.32 Å². The van der Waals surface area contributed by atoms with E-state index < -0.39 is 22.3 Å². The van der Waals surface area contributed by atoms with Gasteiger partial charge in [-0.15, -0.1) is 0 Å². The molecule has 2 rings (SSSR count). The van der Waals surface area contributed by atoms with Gasteiger partial charge in [-0.3, -0.25) is 9.48 Å². The summed E-state index contributed by atoms with van der Waals surface area (Å²) in [7, 11) is 1.10. The molecule has 1 N–H and O–H groups in total. The van der Waals surface area contributed by atoms with Crippen LogP contribution < -0.4 is 5.32 Å². The summed E-state index contributed by atoms with van der Waals surface area (Å²) in [5.74, 6) is -0.809. The summed E-state index contributed by atoms with van der Waals surface area (Å²) in [4.78, 5) is 12.1. The highest BCUT2D eigenvalue weighted by molar-refractivity contribution is 9.10. The Morgan fingerprint density at radius 3 is 2.45 bits per heavy atom. The molecule has 0 aliphatic heterocycles. The second kappa shape index (κ2) is 6.10. The number of hydrogen-bond donors (Lipinski definition) is 1. The zero-order chi connectivity index (χ0) is 16.7. The number of aromatic nitrogens is 2. The number of hydrogen-bond acceptors (Lipinski definition) is 2. The van der Waals surface area contributed by atoms with Gasteiger partial charge in [0.05, 0.1) is 14.5 Å². The third-order valence-electron chi connectivity index (χ3n) is 2.65. The van der Waals surface area contributed by atoms with Gasteiger partial charge in [0.1, 0.15) is 0 Å². The van der Waals surface area contributed by atoms with Crippen molar-refractivity contribution in [2.24, 2.45) is 7.05 Å². The minimum absolute atomic E-state index is 0.204. The Morgan fingerprint density at radius 1 is 1.32 bits per heavy atom. The van der Waals surface area contributed by atoms with Crippen LogP contribution in [0.15, 0.2) is 22.7 Å². The summed E-state index contributed by atoms with van der Waals surface area (Å²) in [6.07, 6.45) is -4.64. The van der Waals surface area contributed by atoms with Crippen LogP contribution in [-0.2, 0) is 13.2 Å². The van der Waals surface area contributed by atoms with Crippen molar-refractivity contribution in [3.63, 3.8) is 0 Å². The van der Waals surface area contributed by atoms with Crippen LogP contribution >= 0.6 is 39.1 Å². The Kier molecular flexibility index (Phi) is 4.74. The molecule has 0 radical (unpaired) electrons. The minimum Gasteiger partial charge on any atom is -0.321 e. The fourth-order valence-electron chi connectivity index (χ4n) is 1.72. The Labute approximate surface area is 141 Å². The molecule has 0 bridgehead atoms.